The van der Waals surface area contributed by atoms with E-state index in [1.165, 1.54) is 23.5 Å². The third-order valence-electron chi connectivity index (χ3n) is 2.24. The fourth-order valence-electron chi connectivity index (χ4n) is 1.48. The predicted octanol–water partition coefficient (Wildman–Crippen LogP) is 0.785. The zero-order valence-corrected chi connectivity index (χ0v) is 12.0. The van der Waals surface area contributed by atoms with Crippen LogP contribution in [0.2, 0.25) is 0 Å². The first kappa shape index (κ1) is 14.6. The summed E-state index contributed by atoms with van der Waals surface area (Å²) in [5, 5.41) is 1.97. The van der Waals surface area contributed by atoms with Crippen molar-refractivity contribution >= 4 is 46.2 Å². The van der Waals surface area contributed by atoms with Crippen molar-refractivity contribution in [3.63, 3.8) is 0 Å². The third-order valence-corrected chi connectivity index (χ3v) is 4.13. The van der Waals surface area contributed by atoms with Crippen LogP contribution < -0.4 is 11.5 Å². The van der Waals surface area contributed by atoms with Crippen molar-refractivity contribution in [2.75, 3.05) is 11.5 Å². The second kappa shape index (κ2) is 6.58. The predicted molar refractivity (Wildman–Crippen MR) is 79.4 cm³/mol. The minimum Gasteiger partial charge on any atom is -0.369 e. The van der Waals surface area contributed by atoms with Gasteiger partial charge in [0.15, 0.2) is 5.16 Å². The number of hydrogen-bond acceptors (Lipinski definition) is 6. The van der Waals surface area contributed by atoms with Crippen molar-refractivity contribution in [1.82, 2.24) is 9.97 Å². The number of hydrogen-bond donors (Lipinski definition) is 2. The molecule has 2 rings (SSSR count). The Morgan fingerprint density at radius 2 is 1.65 bits per heavy atom. The molecule has 0 radical (unpaired) electrons. The van der Waals surface area contributed by atoms with Gasteiger partial charge in [0.1, 0.15) is 5.03 Å². The van der Waals surface area contributed by atoms with E-state index in [9.17, 15) is 9.59 Å². The molecule has 0 aliphatic rings. The average Bonchev–Trinajstić information content (AvgIpc) is 2.42. The van der Waals surface area contributed by atoms with Gasteiger partial charge in [0.2, 0.25) is 11.8 Å². The van der Waals surface area contributed by atoms with Gasteiger partial charge in [-0.15, -0.1) is 0 Å². The number of primary amides is 2. The highest BCUT2D eigenvalue weighted by atomic mass is 32.2. The summed E-state index contributed by atoms with van der Waals surface area (Å²) in [5.74, 6) is -0.596. The molecule has 2 amide bonds. The highest BCUT2D eigenvalue weighted by molar-refractivity contribution is 8.00. The van der Waals surface area contributed by atoms with E-state index in [2.05, 4.69) is 9.97 Å². The molecule has 0 saturated carbocycles. The number of amides is 2. The highest BCUT2D eigenvalue weighted by Gasteiger charge is 2.10. The molecule has 8 heteroatoms. The molecule has 6 nitrogen and oxygen atoms in total. The molecule has 1 aromatic heterocycles. The van der Waals surface area contributed by atoms with E-state index in [1.54, 1.807) is 0 Å². The molecule has 4 N–H and O–H groups in total. The zero-order chi connectivity index (χ0) is 14.5. The van der Waals surface area contributed by atoms with Gasteiger partial charge in [-0.2, -0.15) is 0 Å². The Balaban J connectivity index is 2.35. The van der Waals surface area contributed by atoms with Crippen molar-refractivity contribution in [3.8, 4) is 0 Å². The van der Waals surface area contributed by atoms with Crippen LogP contribution in [0, 0.1) is 0 Å². The number of carbonyl (C=O) groups excluding carboxylic acids is 2. The lowest BCUT2D eigenvalue weighted by Crippen LogP contribution is -2.14. The van der Waals surface area contributed by atoms with Crippen LogP contribution in [0.1, 0.15) is 0 Å². The minimum atomic E-state index is -0.432. The summed E-state index contributed by atoms with van der Waals surface area (Å²) in [6, 6.07) is 7.46. The largest absolute Gasteiger partial charge is 0.369 e. The number of fused-ring (bicyclic) bond motifs is 1. The molecular formula is C12H12N4O2S2. The molecule has 0 aliphatic heterocycles. The van der Waals surface area contributed by atoms with E-state index < -0.39 is 11.8 Å². The molecular weight excluding hydrogens is 296 g/mol. The second-order valence-corrected chi connectivity index (χ2v) is 5.75. The normalized spacial score (nSPS) is 10.6. The zero-order valence-electron chi connectivity index (χ0n) is 10.4. The summed E-state index contributed by atoms with van der Waals surface area (Å²) < 4.78 is 0. The number of thioether (sulfide) groups is 2. The lowest BCUT2D eigenvalue weighted by Gasteiger charge is -2.06. The summed E-state index contributed by atoms with van der Waals surface area (Å²) in [4.78, 5) is 30.4. The van der Waals surface area contributed by atoms with Crippen molar-refractivity contribution in [3.05, 3.63) is 24.3 Å². The van der Waals surface area contributed by atoms with Gasteiger partial charge in [0, 0.05) is 5.39 Å². The minimum absolute atomic E-state index is 0.109. The molecule has 0 aliphatic carbocycles. The second-order valence-electron chi connectivity index (χ2n) is 3.84. The van der Waals surface area contributed by atoms with Crippen LogP contribution in [0.5, 0.6) is 0 Å². The third kappa shape index (κ3) is 3.84. The molecule has 2 aromatic rings. The lowest BCUT2D eigenvalue weighted by atomic mass is 10.2. The monoisotopic (exact) mass is 308 g/mol. The Morgan fingerprint density at radius 3 is 2.35 bits per heavy atom. The maximum Gasteiger partial charge on any atom is 0.227 e. The van der Waals surface area contributed by atoms with Crippen LogP contribution in [0.3, 0.4) is 0 Å². The summed E-state index contributed by atoms with van der Waals surface area (Å²) in [6.45, 7) is 0. The Morgan fingerprint density at radius 1 is 1.00 bits per heavy atom. The summed E-state index contributed by atoms with van der Waals surface area (Å²) >= 11 is 2.42. The van der Waals surface area contributed by atoms with Crippen LogP contribution in [0.15, 0.2) is 34.4 Å². The number of nitrogens with two attached hydrogens (primary N) is 2. The first-order valence-corrected chi connectivity index (χ1v) is 7.62. The van der Waals surface area contributed by atoms with Gasteiger partial charge >= 0.3 is 0 Å². The Labute approximate surface area is 123 Å². The molecule has 0 unspecified atom stereocenters. The first-order valence-electron chi connectivity index (χ1n) is 5.65. The van der Waals surface area contributed by atoms with Gasteiger partial charge in [-0.05, 0) is 6.07 Å². The van der Waals surface area contributed by atoms with E-state index in [0.29, 0.717) is 10.2 Å². The van der Waals surface area contributed by atoms with Gasteiger partial charge < -0.3 is 11.5 Å². The fraction of sp³-hybridized carbons (Fsp3) is 0.167. The maximum atomic E-state index is 10.9. The molecule has 104 valence electrons. The molecule has 0 bridgehead atoms. The first-order chi connectivity index (χ1) is 9.56. The summed E-state index contributed by atoms with van der Waals surface area (Å²) in [6.07, 6.45) is 0. The van der Waals surface area contributed by atoms with Crippen LogP contribution in [0.4, 0.5) is 0 Å². The van der Waals surface area contributed by atoms with Gasteiger partial charge in [-0.1, -0.05) is 41.7 Å². The van der Waals surface area contributed by atoms with Gasteiger partial charge in [-0.25, -0.2) is 9.97 Å². The van der Waals surface area contributed by atoms with Crippen molar-refractivity contribution in [1.29, 1.82) is 0 Å². The topological polar surface area (TPSA) is 112 Å². The van der Waals surface area contributed by atoms with E-state index in [1.807, 2.05) is 24.3 Å². The van der Waals surface area contributed by atoms with E-state index in [4.69, 9.17) is 11.5 Å². The van der Waals surface area contributed by atoms with Crippen LogP contribution >= 0.6 is 23.5 Å². The standard InChI is InChI=1S/C12H12N4O2S2/c13-9(17)5-19-11-7-3-1-2-4-8(7)15-12(16-11)20-6-10(14)18/h1-4H,5-6H2,(H2,13,17)(H2,14,18). The Hall–Kier alpha value is -1.80. The van der Waals surface area contributed by atoms with Gasteiger partial charge in [0.05, 0.1) is 17.0 Å². The molecule has 0 fully saturated rings. The number of rotatable bonds is 6. The number of para-hydroxylation sites is 1. The summed E-state index contributed by atoms with van der Waals surface area (Å²) in [7, 11) is 0. The van der Waals surface area contributed by atoms with E-state index in [-0.39, 0.29) is 11.5 Å². The van der Waals surface area contributed by atoms with E-state index in [0.717, 1.165) is 10.9 Å². The quantitative estimate of drug-likeness (QED) is 0.463. The average molecular weight is 308 g/mol. The fourth-order valence-corrected chi connectivity index (χ4v) is 2.88. The number of carbonyl (C=O) groups is 2. The summed E-state index contributed by atoms with van der Waals surface area (Å²) in [5.41, 5.74) is 11.0. The lowest BCUT2D eigenvalue weighted by molar-refractivity contribution is -0.116. The van der Waals surface area contributed by atoms with Crippen molar-refractivity contribution in [2.45, 2.75) is 10.2 Å². The van der Waals surface area contributed by atoms with Gasteiger partial charge in [-0.3, -0.25) is 9.59 Å². The van der Waals surface area contributed by atoms with Crippen LogP contribution in [0.25, 0.3) is 10.9 Å². The number of nitrogens with zero attached hydrogens (tertiary/aromatic N) is 2. The van der Waals surface area contributed by atoms with Crippen LogP contribution in [-0.2, 0) is 9.59 Å². The molecule has 1 aromatic carbocycles. The van der Waals surface area contributed by atoms with E-state index >= 15 is 0 Å². The highest BCUT2D eigenvalue weighted by Crippen LogP contribution is 2.27. The molecule has 0 atom stereocenters. The number of aromatic nitrogens is 2. The van der Waals surface area contributed by atoms with Crippen molar-refractivity contribution < 1.29 is 9.59 Å². The Kier molecular flexibility index (Phi) is 4.80. The molecule has 0 spiro atoms. The molecule has 1 heterocycles. The number of benzene rings is 1. The SMILES string of the molecule is NC(=O)CSc1nc(SCC(N)=O)c2ccccc2n1. The molecule has 0 saturated heterocycles. The van der Waals surface area contributed by atoms with Gasteiger partial charge in [0.25, 0.3) is 0 Å². The van der Waals surface area contributed by atoms with Crippen molar-refractivity contribution in [2.24, 2.45) is 11.5 Å². The van der Waals surface area contributed by atoms with Crippen LogP contribution in [-0.4, -0.2) is 33.3 Å². The maximum absolute atomic E-state index is 10.9. The smallest absolute Gasteiger partial charge is 0.227 e. The molecule has 20 heavy (non-hydrogen) atoms. The Bertz CT molecular complexity index is 663.